The van der Waals surface area contributed by atoms with Gasteiger partial charge in [0.15, 0.2) is 5.16 Å². The maximum Gasteiger partial charge on any atom is 0.191 e. The summed E-state index contributed by atoms with van der Waals surface area (Å²) in [5.74, 6) is 1.81. The quantitative estimate of drug-likeness (QED) is 0.634. The Morgan fingerprint density at radius 3 is 2.74 bits per heavy atom. The number of rotatable bonds is 5. The molecule has 6 heteroatoms. The number of nitrogens with one attached hydrogen (secondary N) is 2. The fraction of sp³-hybridized carbons (Fsp3) is 0.692. The molecule has 2 N–H and O–H groups in total. The van der Waals surface area contributed by atoms with Crippen LogP contribution in [-0.4, -0.2) is 53.3 Å². The van der Waals surface area contributed by atoms with Crippen LogP contribution in [0.15, 0.2) is 11.2 Å². The van der Waals surface area contributed by atoms with E-state index in [-0.39, 0.29) is 0 Å². The van der Waals surface area contributed by atoms with Crippen molar-refractivity contribution in [3.05, 3.63) is 6.07 Å². The van der Waals surface area contributed by atoms with Gasteiger partial charge in [0.25, 0.3) is 0 Å². The Morgan fingerprint density at radius 2 is 2.05 bits per heavy atom. The van der Waals surface area contributed by atoms with E-state index in [1.165, 1.54) is 25.8 Å². The van der Waals surface area contributed by atoms with E-state index in [1.54, 1.807) is 11.8 Å². The molecule has 3 rings (SSSR count). The molecule has 2 heterocycles. The molecule has 0 amide bonds. The predicted molar refractivity (Wildman–Crippen MR) is 80.0 cm³/mol. The van der Waals surface area contributed by atoms with Crippen molar-refractivity contribution in [2.45, 2.75) is 36.5 Å². The number of thioether (sulfide) groups is 1. The molecule has 19 heavy (non-hydrogen) atoms. The Morgan fingerprint density at radius 1 is 1.26 bits per heavy atom. The summed E-state index contributed by atoms with van der Waals surface area (Å²) in [6.45, 7) is 2.37. The molecule has 104 valence electrons. The minimum absolute atomic E-state index is 0.523. The van der Waals surface area contributed by atoms with E-state index < -0.39 is 0 Å². The lowest BCUT2D eigenvalue weighted by Gasteiger charge is -2.16. The molecule has 1 aromatic heterocycles. The summed E-state index contributed by atoms with van der Waals surface area (Å²) >= 11 is 1.57. The van der Waals surface area contributed by atoms with Gasteiger partial charge in [0.05, 0.1) is 0 Å². The van der Waals surface area contributed by atoms with E-state index in [2.05, 4.69) is 25.5 Å². The van der Waals surface area contributed by atoms with Crippen molar-refractivity contribution in [1.82, 2.24) is 14.9 Å². The van der Waals surface area contributed by atoms with Crippen LogP contribution in [0.4, 0.5) is 11.6 Å². The maximum absolute atomic E-state index is 4.53. The number of nitrogens with zero attached hydrogens (tertiary/aromatic N) is 3. The first-order valence-electron chi connectivity index (χ1n) is 6.90. The highest BCUT2D eigenvalue weighted by Crippen LogP contribution is 2.30. The summed E-state index contributed by atoms with van der Waals surface area (Å²) < 4.78 is 0. The molecule has 1 saturated carbocycles. The highest BCUT2D eigenvalue weighted by atomic mass is 32.2. The first kappa shape index (κ1) is 13.0. The van der Waals surface area contributed by atoms with E-state index in [9.17, 15) is 0 Å². The second-order valence-electron chi connectivity index (χ2n) is 5.23. The first-order valence-corrected chi connectivity index (χ1v) is 8.12. The smallest absolute Gasteiger partial charge is 0.191 e. The van der Waals surface area contributed by atoms with Gasteiger partial charge in [0.1, 0.15) is 11.6 Å². The molecule has 1 aromatic rings. The zero-order chi connectivity index (χ0) is 13.2. The number of hydrogen-bond donors (Lipinski definition) is 2. The lowest BCUT2D eigenvalue weighted by Crippen LogP contribution is -2.28. The van der Waals surface area contributed by atoms with Crippen molar-refractivity contribution in [3.8, 4) is 0 Å². The van der Waals surface area contributed by atoms with Gasteiger partial charge in [-0.15, -0.1) is 0 Å². The molecule has 1 unspecified atom stereocenters. The van der Waals surface area contributed by atoms with Gasteiger partial charge in [-0.1, -0.05) is 11.8 Å². The Kier molecular flexibility index (Phi) is 3.79. The number of likely N-dealkylation sites (tertiary alicyclic amines) is 1. The van der Waals surface area contributed by atoms with Crippen molar-refractivity contribution in [1.29, 1.82) is 0 Å². The summed E-state index contributed by atoms with van der Waals surface area (Å²) in [7, 11) is 1.89. The normalized spacial score (nSPS) is 23.6. The topological polar surface area (TPSA) is 53.1 Å². The molecule has 0 radical (unpaired) electrons. The van der Waals surface area contributed by atoms with E-state index in [0.717, 1.165) is 29.4 Å². The molecule has 0 bridgehead atoms. The molecule has 1 atom stereocenters. The zero-order valence-corrected chi connectivity index (χ0v) is 12.3. The van der Waals surface area contributed by atoms with Crippen LogP contribution in [0.5, 0.6) is 0 Å². The molecule has 0 aromatic carbocycles. The van der Waals surface area contributed by atoms with Crippen LogP contribution < -0.4 is 10.6 Å². The number of aromatic nitrogens is 2. The van der Waals surface area contributed by atoms with E-state index in [1.807, 2.05) is 19.4 Å². The SMILES string of the molecule is CNc1cc(NC2CCN(C3CC3)C2)nc(SC)n1. The Bertz CT molecular complexity index is 426. The van der Waals surface area contributed by atoms with Gasteiger partial charge < -0.3 is 10.6 Å². The summed E-state index contributed by atoms with van der Waals surface area (Å²) in [6, 6.07) is 3.38. The summed E-state index contributed by atoms with van der Waals surface area (Å²) in [5, 5.41) is 7.46. The Hall–Kier alpha value is -1.01. The van der Waals surface area contributed by atoms with Crippen LogP contribution in [0.1, 0.15) is 19.3 Å². The molecular formula is C13H21N5S. The first-order chi connectivity index (χ1) is 9.28. The molecule has 1 aliphatic heterocycles. The zero-order valence-electron chi connectivity index (χ0n) is 11.5. The van der Waals surface area contributed by atoms with Crippen LogP contribution in [0.2, 0.25) is 0 Å². The average Bonchev–Trinajstić information content (AvgIpc) is 3.19. The van der Waals surface area contributed by atoms with Crippen LogP contribution in [0.3, 0.4) is 0 Å². The molecule has 1 aliphatic carbocycles. The second-order valence-corrected chi connectivity index (χ2v) is 6.00. The van der Waals surface area contributed by atoms with Crippen LogP contribution in [0, 0.1) is 0 Å². The fourth-order valence-electron chi connectivity index (χ4n) is 2.60. The van der Waals surface area contributed by atoms with E-state index in [0.29, 0.717) is 6.04 Å². The summed E-state index contributed by atoms with van der Waals surface area (Å²) in [4.78, 5) is 11.5. The molecule has 1 saturated heterocycles. The molecule has 5 nitrogen and oxygen atoms in total. The monoisotopic (exact) mass is 279 g/mol. The molecule has 2 fully saturated rings. The van der Waals surface area contributed by atoms with Gasteiger partial charge in [-0.3, -0.25) is 4.90 Å². The highest BCUT2D eigenvalue weighted by molar-refractivity contribution is 7.98. The Balaban J connectivity index is 1.65. The van der Waals surface area contributed by atoms with E-state index in [4.69, 9.17) is 0 Å². The third-order valence-electron chi connectivity index (χ3n) is 3.78. The van der Waals surface area contributed by atoms with E-state index >= 15 is 0 Å². The molecule has 2 aliphatic rings. The molecular weight excluding hydrogens is 258 g/mol. The highest BCUT2D eigenvalue weighted by Gasteiger charge is 2.34. The standard InChI is InChI=1S/C13H21N5S/c1-14-11-7-12(17-13(16-11)19-2)15-9-5-6-18(8-9)10-3-4-10/h7,9-10H,3-6,8H2,1-2H3,(H2,14,15,16,17). The van der Waals surface area contributed by atoms with Crippen molar-refractivity contribution in [2.75, 3.05) is 37.0 Å². The number of hydrogen-bond acceptors (Lipinski definition) is 6. The van der Waals surface area contributed by atoms with Crippen molar-refractivity contribution >= 4 is 23.4 Å². The maximum atomic E-state index is 4.53. The second kappa shape index (κ2) is 5.54. The van der Waals surface area contributed by atoms with Crippen molar-refractivity contribution < 1.29 is 0 Å². The summed E-state index contributed by atoms with van der Waals surface area (Å²) in [6.07, 6.45) is 5.99. The van der Waals surface area contributed by atoms with Crippen LogP contribution in [-0.2, 0) is 0 Å². The number of anilines is 2. The fourth-order valence-corrected chi connectivity index (χ4v) is 2.98. The minimum atomic E-state index is 0.523. The van der Waals surface area contributed by atoms with Crippen LogP contribution >= 0.6 is 11.8 Å². The predicted octanol–water partition coefficient (Wildman–Crippen LogP) is 1.89. The van der Waals surface area contributed by atoms with Gasteiger partial charge in [-0.25, -0.2) is 9.97 Å². The van der Waals surface area contributed by atoms with Gasteiger partial charge in [0, 0.05) is 38.3 Å². The average molecular weight is 279 g/mol. The minimum Gasteiger partial charge on any atom is -0.373 e. The van der Waals surface area contributed by atoms with Crippen molar-refractivity contribution in [2.24, 2.45) is 0 Å². The van der Waals surface area contributed by atoms with Crippen molar-refractivity contribution in [3.63, 3.8) is 0 Å². The van der Waals surface area contributed by atoms with Gasteiger partial charge in [-0.2, -0.15) is 0 Å². The third-order valence-corrected chi connectivity index (χ3v) is 4.33. The lowest BCUT2D eigenvalue weighted by atomic mass is 10.2. The van der Waals surface area contributed by atoms with Gasteiger partial charge in [-0.05, 0) is 25.5 Å². The summed E-state index contributed by atoms with van der Waals surface area (Å²) in [5.41, 5.74) is 0. The van der Waals surface area contributed by atoms with Crippen LogP contribution in [0.25, 0.3) is 0 Å². The van der Waals surface area contributed by atoms with Gasteiger partial charge in [0.2, 0.25) is 0 Å². The molecule has 0 spiro atoms. The third kappa shape index (κ3) is 3.12. The largest absolute Gasteiger partial charge is 0.373 e. The lowest BCUT2D eigenvalue weighted by molar-refractivity contribution is 0.326. The Labute approximate surface area is 118 Å². The van der Waals surface area contributed by atoms with Gasteiger partial charge >= 0.3 is 0 Å².